The lowest BCUT2D eigenvalue weighted by Gasteiger charge is -2.35. The van der Waals surface area contributed by atoms with Crippen LogP contribution in [0.1, 0.15) is 64.0 Å². The second-order valence-corrected chi connectivity index (χ2v) is 11.6. The van der Waals surface area contributed by atoms with Crippen molar-refractivity contribution >= 4 is 17.3 Å². The first-order valence-corrected chi connectivity index (χ1v) is 13.6. The van der Waals surface area contributed by atoms with Crippen LogP contribution >= 0.6 is 0 Å². The fourth-order valence-corrected chi connectivity index (χ4v) is 5.25. The maximum absolute atomic E-state index is 13.0. The third-order valence-electron chi connectivity index (χ3n) is 7.56. The molecule has 9 heteroatoms. The van der Waals surface area contributed by atoms with Gasteiger partial charge in [-0.05, 0) is 54.9 Å². The van der Waals surface area contributed by atoms with Gasteiger partial charge in [-0.25, -0.2) is 0 Å². The number of carbonyl (C=O) groups excluding carboxylic acids is 1. The molecular weight excluding hydrogens is 491 g/mol. The van der Waals surface area contributed by atoms with E-state index in [-0.39, 0.29) is 17.4 Å². The van der Waals surface area contributed by atoms with E-state index in [0.717, 1.165) is 63.3 Å². The van der Waals surface area contributed by atoms with Crippen molar-refractivity contribution in [3.05, 3.63) is 53.9 Å². The largest absolute Gasteiger partial charge is 0.417 e. The molecule has 6 nitrogen and oxygen atoms in total. The summed E-state index contributed by atoms with van der Waals surface area (Å²) >= 11 is 0. The van der Waals surface area contributed by atoms with E-state index in [1.807, 2.05) is 4.90 Å². The van der Waals surface area contributed by atoms with Gasteiger partial charge in [0.15, 0.2) is 0 Å². The van der Waals surface area contributed by atoms with Crippen LogP contribution in [0.4, 0.5) is 24.5 Å². The molecule has 0 radical (unpaired) electrons. The molecule has 0 saturated carbocycles. The molecule has 0 aliphatic carbocycles. The molecule has 0 spiro atoms. The van der Waals surface area contributed by atoms with Crippen LogP contribution in [0.3, 0.4) is 0 Å². The van der Waals surface area contributed by atoms with Crippen LogP contribution in [0.5, 0.6) is 0 Å². The second-order valence-electron chi connectivity index (χ2n) is 11.6. The van der Waals surface area contributed by atoms with Crippen molar-refractivity contribution in [1.82, 2.24) is 14.8 Å². The molecule has 1 amide bonds. The van der Waals surface area contributed by atoms with E-state index in [0.29, 0.717) is 31.2 Å². The molecule has 2 aliphatic heterocycles. The smallest absolute Gasteiger partial charge is 0.382 e. The number of rotatable bonds is 7. The lowest BCUT2D eigenvalue weighted by atomic mass is 9.87. The number of pyridine rings is 1. The zero-order chi connectivity index (χ0) is 27.3. The van der Waals surface area contributed by atoms with Crippen LogP contribution in [-0.4, -0.2) is 65.5 Å². The van der Waals surface area contributed by atoms with E-state index in [4.69, 9.17) is 0 Å². The Labute approximate surface area is 224 Å². The van der Waals surface area contributed by atoms with Crippen molar-refractivity contribution < 1.29 is 18.0 Å². The highest BCUT2D eigenvalue weighted by atomic mass is 19.4. The summed E-state index contributed by atoms with van der Waals surface area (Å²) in [6, 6.07) is 10.1. The summed E-state index contributed by atoms with van der Waals surface area (Å²) < 4.78 is 39.0. The van der Waals surface area contributed by atoms with Gasteiger partial charge >= 0.3 is 6.18 Å². The van der Waals surface area contributed by atoms with Crippen LogP contribution in [0.2, 0.25) is 0 Å². The van der Waals surface area contributed by atoms with Crippen LogP contribution in [0, 0.1) is 0 Å². The van der Waals surface area contributed by atoms with Crippen molar-refractivity contribution in [2.75, 3.05) is 43.4 Å². The number of alkyl halides is 3. The first-order chi connectivity index (χ1) is 18.0. The molecule has 2 aromatic rings. The van der Waals surface area contributed by atoms with Gasteiger partial charge in [-0.15, -0.1) is 0 Å². The van der Waals surface area contributed by atoms with E-state index in [2.05, 4.69) is 65.6 Å². The minimum Gasteiger partial charge on any atom is -0.382 e. The Hall–Kier alpha value is -2.81. The van der Waals surface area contributed by atoms with Crippen LogP contribution in [-0.2, 0) is 16.4 Å². The zero-order valence-corrected chi connectivity index (χ0v) is 22.7. The van der Waals surface area contributed by atoms with Gasteiger partial charge in [-0.2, -0.15) is 13.2 Å². The topological polar surface area (TPSA) is 60.5 Å². The second kappa shape index (κ2) is 11.9. The van der Waals surface area contributed by atoms with Gasteiger partial charge in [0.25, 0.3) is 0 Å². The highest BCUT2D eigenvalue weighted by Crippen LogP contribution is 2.30. The summed E-state index contributed by atoms with van der Waals surface area (Å²) in [5.74, 6) is 0.109. The summed E-state index contributed by atoms with van der Waals surface area (Å²) in [5, 5.41) is 6.80. The maximum Gasteiger partial charge on any atom is 0.417 e. The van der Waals surface area contributed by atoms with Crippen LogP contribution in [0.15, 0.2) is 42.7 Å². The quantitative estimate of drug-likeness (QED) is 0.475. The molecule has 2 fully saturated rings. The lowest BCUT2D eigenvalue weighted by molar-refractivity contribution is -0.137. The summed E-state index contributed by atoms with van der Waals surface area (Å²) in [6.07, 6.45) is 1.96. The predicted octanol–water partition coefficient (Wildman–Crippen LogP) is 5.77. The van der Waals surface area contributed by atoms with Gasteiger partial charge in [0.2, 0.25) is 5.91 Å². The Bertz CT molecular complexity index is 1060. The first kappa shape index (κ1) is 28.2. The van der Waals surface area contributed by atoms with Crippen LogP contribution in [0.25, 0.3) is 0 Å². The molecule has 2 aliphatic rings. The first-order valence-electron chi connectivity index (χ1n) is 13.6. The van der Waals surface area contributed by atoms with Gasteiger partial charge in [-0.3, -0.25) is 9.78 Å². The van der Waals surface area contributed by atoms with E-state index >= 15 is 0 Å². The molecule has 4 rings (SSSR count). The molecule has 1 atom stereocenters. The van der Waals surface area contributed by atoms with Crippen molar-refractivity contribution in [2.45, 2.75) is 76.6 Å². The average Bonchev–Trinajstić information content (AvgIpc) is 2.88. The van der Waals surface area contributed by atoms with Crippen LogP contribution < -0.4 is 10.6 Å². The maximum atomic E-state index is 13.0. The minimum absolute atomic E-state index is 0.0859. The number of nitrogens with one attached hydrogen (secondary N) is 2. The predicted molar refractivity (Wildman–Crippen MR) is 145 cm³/mol. The Morgan fingerprint density at radius 3 is 2.26 bits per heavy atom. The van der Waals surface area contributed by atoms with Gasteiger partial charge in [0, 0.05) is 69.3 Å². The third-order valence-corrected chi connectivity index (χ3v) is 7.56. The van der Waals surface area contributed by atoms with Gasteiger partial charge in [0.05, 0.1) is 11.3 Å². The fraction of sp³-hybridized carbons (Fsp3) is 0.586. The highest BCUT2D eigenvalue weighted by molar-refractivity contribution is 5.76. The number of aromatic nitrogens is 1. The molecular formula is C29H40F3N5O. The molecule has 208 valence electrons. The van der Waals surface area contributed by atoms with E-state index in [1.54, 1.807) is 0 Å². The van der Waals surface area contributed by atoms with Crippen molar-refractivity contribution in [3.8, 4) is 0 Å². The SMILES string of the molecule is CC(C)(C)c1ccc(NC2CCN(CCC(=O)N3CCC[C@H](Nc4cncc(C(F)(F)F)c4)C3)CC2)cc1. The van der Waals surface area contributed by atoms with Gasteiger partial charge in [-0.1, -0.05) is 32.9 Å². The number of benzene rings is 1. The molecule has 2 saturated heterocycles. The fourth-order valence-electron chi connectivity index (χ4n) is 5.25. The number of carbonyl (C=O) groups is 1. The molecule has 1 aromatic carbocycles. The Kier molecular flexibility index (Phi) is 8.85. The number of amides is 1. The molecule has 1 aromatic heterocycles. The summed E-state index contributed by atoms with van der Waals surface area (Å²) in [5.41, 5.74) is 2.18. The Morgan fingerprint density at radius 1 is 0.921 bits per heavy atom. The van der Waals surface area contributed by atoms with Crippen molar-refractivity contribution in [3.63, 3.8) is 0 Å². The monoisotopic (exact) mass is 531 g/mol. The normalized spacial score (nSPS) is 19.8. The summed E-state index contributed by atoms with van der Waals surface area (Å²) in [7, 11) is 0. The number of nitrogens with zero attached hydrogens (tertiary/aromatic N) is 3. The summed E-state index contributed by atoms with van der Waals surface area (Å²) in [6.45, 7) is 10.5. The minimum atomic E-state index is -4.43. The van der Waals surface area contributed by atoms with Crippen molar-refractivity contribution in [1.29, 1.82) is 0 Å². The number of piperidine rings is 2. The standard InChI is InChI=1S/C29H40F3N5O/c1-28(2,3)21-6-8-23(9-7-21)34-24-10-14-36(15-11-24)16-12-27(38)37-13-4-5-25(20-37)35-26-17-22(18-33-19-26)29(30,31)32/h6-9,17-19,24-25,34-35H,4-5,10-16,20H2,1-3H3/t25-/m0/s1. The number of hydrogen-bond donors (Lipinski definition) is 2. The summed E-state index contributed by atoms with van der Waals surface area (Å²) in [4.78, 5) is 20.8. The lowest BCUT2D eigenvalue weighted by Crippen LogP contribution is -2.46. The molecule has 2 N–H and O–H groups in total. The van der Waals surface area contributed by atoms with Crippen molar-refractivity contribution in [2.24, 2.45) is 0 Å². The van der Waals surface area contributed by atoms with E-state index < -0.39 is 11.7 Å². The van der Waals surface area contributed by atoms with Gasteiger partial charge in [0.1, 0.15) is 0 Å². The third kappa shape index (κ3) is 7.85. The number of anilines is 2. The number of likely N-dealkylation sites (tertiary alicyclic amines) is 2. The zero-order valence-electron chi connectivity index (χ0n) is 22.7. The molecule has 0 unspecified atom stereocenters. The molecule has 3 heterocycles. The Balaban J connectivity index is 1.18. The highest BCUT2D eigenvalue weighted by Gasteiger charge is 2.31. The van der Waals surface area contributed by atoms with Gasteiger partial charge < -0.3 is 20.4 Å². The number of hydrogen-bond acceptors (Lipinski definition) is 5. The molecule has 0 bridgehead atoms. The Morgan fingerprint density at radius 2 is 1.61 bits per heavy atom. The number of halogens is 3. The van der Waals surface area contributed by atoms with E-state index in [9.17, 15) is 18.0 Å². The average molecular weight is 532 g/mol. The van der Waals surface area contributed by atoms with E-state index in [1.165, 1.54) is 11.8 Å². The molecule has 38 heavy (non-hydrogen) atoms.